The Balaban J connectivity index is 2.17. The van der Waals surface area contributed by atoms with Gasteiger partial charge in [-0.1, -0.05) is 22.9 Å². The van der Waals surface area contributed by atoms with E-state index in [1.807, 2.05) is 0 Å². The fourth-order valence-corrected chi connectivity index (χ4v) is 3.30. The van der Waals surface area contributed by atoms with Crippen LogP contribution < -0.4 is 4.90 Å². The van der Waals surface area contributed by atoms with Gasteiger partial charge in [-0.15, -0.1) is 0 Å². The van der Waals surface area contributed by atoms with Crippen molar-refractivity contribution < 1.29 is 22.7 Å². The molecule has 0 amide bonds. The smallest absolute Gasteiger partial charge is 0.393 e. The van der Waals surface area contributed by atoms with Gasteiger partial charge in [0.25, 0.3) is 0 Å². The van der Waals surface area contributed by atoms with Gasteiger partial charge in [-0.2, -0.15) is 13.2 Å². The van der Waals surface area contributed by atoms with E-state index in [0.29, 0.717) is 18.1 Å². The van der Waals surface area contributed by atoms with E-state index in [9.17, 15) is 18.0 Å². The number of esters is 1. The van der Waals surface area contributed by atoms with Crippen LogP contribution in [0.15, 0.2) is 0 Å². The molecule has 1 fully saturated rings. The van der Waals surface area contributed by atoms with Gasteiger partial charge in [-0.3, -0.25) is 0 Å². The minimum absolute atomic E-state index is 0.0361. The van der Waals surface area contributed by atoms with Gasteiger partial charge in [0.2, 0.25) is 0 Å². The number of thiazole rings is 1. The zero-order valence-electron chi connectivity index (χ0n) is 10.5. The van der Waals surface area contributed by atoms with Crippen molar-refractivity contribution in [2.45, 2.75) is 19.0 Å². The highest BCUT2D eigenvalue weighted by Gasteiger charge is 2.42. The molecular formula is C11H12ClF3N2O2S. The third-order valence-electron chi connectivity index (χ3n) is 3.10. The first-order valence-corrected chi connectivity index (χ1v) is 7.08. The Kier molecular flexibility index (Phi) is 4.43. The topological polar surface area (TPSA) is 42.4 Å². The number of ether oxygens (including phenoxy) is 1. The van der Waals surface area contributed by atoms with E-state index in [4.69, 9.17) is 11.6 Å². The normalized spacial score (nSPS) is 20.1. The van der Waals surface area contributed by atoms with E-state index in [1.165, 1.54) is 12.0 Å². The van der Waals surface area contributed by atoms with Crippen molar-refractivity contribution in [3.8, 4) is 0 Å². The fourth-order valence-electron chi connectivity index (χ4n) is 2.06. The lowest BCUT2D eigenvalue weighted by Crippen LogP contribution is -2.41. The van der Waals surface area contributed by atoms with Gasteiger partial charge in [0, 0.05) is 13.1 Å². The molecule has 1 aromatic rings. The van der Waals surface area contributed by atoms with Crippen molar-refractivity contribution in [1.82, 2.24) is 4.98 Å². The predicted octanol–water partition coefficient (Wildman–Crippen LogP) is 3.36. The molecular weight excluding hydrogens is 317 g/mol. The maximum absolute atomic E-state index is 12.8. The number of piperidine rings is 1. The summed E-state index contributed by atoms with van der Waals surface area (Å²) in [7, 11) is 1.21. The van der Waals surface area contributed by atoms with E-state index in [0.717, 1.165) is 11.3 Å². The van der Waals surface area contributed by atoms with E-state index in [2.05, 4.69) is 9.72 Å². The molecule has 20 heavy (non-hydrogen) atoms. The Hall–Kier alpha value is -1.02. The molecule has 1 aromatic heterocycles. The number of methoxy groups -OCH3 is 1. The van der Waals surface area contributed by atoms with Crippen molar-refractivity contribution in [3.05, 3.63) is 10.0 Å². The number of halogens is 4. The molecule has 4 nitrogen and oxygen atoms in total. The van der Waals surface area contributed by atoms with Crippen LogP contribution in [0.2, 0.25) is 5.15 Å². The van der Waals surface area contributed by atoms with Gasteiger partial charge in [-0.05, 0) is 12.8 Å². The van der Waals surface area contributed by atoms with Crippen molar-refractivity contribution in [2.75, 3.05) is 25.1 Å². The van der Waals surface area contributed by atoms with E-state index < -0.39 is 18.1 Å². The third kappa shape index (κ3) is 3.17. The average Bonchev–Trinajstić information content (AvgIpc) is 2.79. The molecule has 2 heterocycles. The molecule has 1 atom stereocenters. The number of hydrogen-bond donors (Lipinski definition) is 0. The van der Waals surface area contributed by atoms with Crippen molar-refractivity contribution >= 4 is 34.0 Å². The first kappa shape index (κ1) is 15.4. The van der Waals surface area contributed by atoms with Crippen LogP contribution in [0.5, 0.6) is 0 Å². The first-order valence-electron chi connectivity index (χ1n) is 5.89. The molecule has 1 aliphatic rings. The van der Waals surface area contributed by atoms with Crippen LogP contribution in [-0.2, 0) is 4.74 Å². The zero-order valence-corrected chi connectivity index (χ0v) is 12.1. The van der Waals surface area contributed by atoms with Gasteiger partial charge in [0.1, 0.15) is 0 Å². The van der Waals surface area contributed by atoms with Gasteiger partial charge in [-0.25, -0.2) is 9.78 Å². The number of hydrogen-bond acceptors (Lipinski definition) is 5. The zero-order chi connectivity index (χ0) is 14.9. The van der Waals surface area contributed by atoms with Crippen molar-refractivity contribution in [1.29, 1.82) is 0 Å². The summed E-state index contributed by atoms with van der Waals surface area (Å²) in [5, 5.41) is 0.287. The summed E-state index contributed by atoms with van der Waals surface area (Å²) in [6.07, 6.45) is -3.68. The van der Waals surface area contributed by atoms with Crippen LogP contribution in [0.25, 0.3) is 0 Å². The molecule has 0 bridgehead atoms. The molecule has 1 saturated heterocycles. The van der Waals surface area contributed by atoms with Crippen LogP contribution in [-0.4, -0.2) is 37.3 Å². The number of aromatic nitrogens is 1. The second kappa shape index (κ2) is 5.77. The van der Waals surface area contributed by atoms with Crippen LogP contribution in [0.4, 0.5) is 18.3 Å². The number of nitrogens with zero attached hydrogens (tertiary/aromatic N) is 2. The molecule has 112 valence electrons. The fraction of sp³-hybridized carbons (Fsp3) is 0.636. The highest BCUT2D eigenvalue weighted by molar-refractivity contribution is 7.18. The number of carbonyl (C=O) groups is 1. The Bertz CT molecular complexity index is 506. The van der Waals surface area contributed by atoms with E-state index >= 15 is 0 Å². The van der Waals surface area contributed by atoms with Gasteiger partial charge < -0.3 is 9.64 Å². The maximum Gasteiger partial charge on any atom is 0.393 e. The lowest BCUT2D eigenvalue weighted by atomic mass is 9.98. The molecule has 0 N–H and O–H groups in total. The van der Waals surface area contributed by atoms with Crippen LogP contribution in [0.1, 0.15) is 22.5 Å². The summed E-state index contributed by atoms with van der Waals surface area (Å²) in [6, 6.07) is 0. The van der Waals surface area contributed by atoms with Crippen molar-refractivity contribution in [2.24, 2.45) is 5.92 Å². The quantitative estimate of drug-likeness (QED) is 0.781. The average molecular weight is 329 g/mol. The lowest BCUT2D eigenvalue weighted by molar-refractivity contribution is -0.175. The monoisotopic (exact) mass is 328 g/mol. The summed E-state index contributed by atoms with van der Waals surface area (Å²) in [4.78, 5) is 17.0. The van der Waals surface area contributed by atoms with E-state index in [-0.39, 0.29) is 23.0 Å². The highest BCUT2D eigenvalue weighted by atomic mass is 35.5. The molecule has 1 unspecified atom stereocenters. The molecule has 0 radical (unpaired) electrons. The molecule has 0 saturated carbocycles. The van der Waals surface area contributed by atoms with Crippen molar-refractivity contribution in [3.63, 3.8) is 0 Å². The number of alkyl halides is 3. The maximum atomic E-state index is 12.8. The number of rotatable bonds is 2. The van der Waals surface area contributed by atoms with Gasteiger partial charge in [0.15, 0.2) is 15.2 Å². The summed E-state index contributed by atoms with van der Waals surface area (Å²) >= 11 is 6.77. The molecule has 2 rings (SSSR count). The molecule has 9 heteroatoms. The molecule has 0 aromatic carbocycles. The Labute approximate surface area is 122 Å². The minimum Gasteiger partial charge on any atom is -0.465 e. The first-order chi connectivity index (χ1) is 9.32. The second-order valence-electron chi connectivity index (χ2n) is 4.43. The summed E-state index contributed by atoms with van der Waals surface area (Å²) in [5.74, 6) is -2.01. The number of carbonyl (C=O) groups excluding carboxylic acids is 1. The standard InChI is InChI=1S/C11H12ClF3N2O2S/c1-19-9(18)7-8(12)16-10(20-7)17-4-2-3-6(5-17)11(13,14)15/h6H,2-5H2,1H3. The van der Waals surface area contributed by atoms with Gasteiger partial charge >= 0.3 is 12.1 Å². The summed E-state index contributed by atoms with van der Waals surface area (Å²) in [5.41, 5.74) is 0. The Morgan fingerprint density at radius 2 is 2.25 bits per heavy atom. The van der Waals surface area contributed by atoms with Crippen LogP contribution >= 0.6 is 22.9 Å². The summed E-state index contributed by atoms with van der Waals surface area (Å²) < 4.78 is 42.8. The second-order valence-corrected chi connectivity index (χ2v) is 5.77. The van der Waals surface area contributed by atoms with Gasteiger partial charge in [0.05, 0.1) is 13.0 Å². The third-order valence-corrected chi connectivity index (χ3v) is 4.58. The Morgan fingerprint density at radius 1 is 1.55 bits per heavy atom. The highest BCUT2D eigenvalue weighted by Crippen LogP contribution is 2.37. The Morgan fingerprint density at radius 3 is 2.85 bits per heavy atom. The van der Waals surface area contributed by atoms with Crippen LogP contribution in [0.3, 0.4) is 0 Å². The molecule has 0 aliphatic carbocycles. The molecule has 0 spiro atoms. The molecule has 1 aliphatic heterocycles. The number of anilines is 1. The lowest BCUT2D eigenvalue weighted by Gasteiger charge is -2.33. The largest absolute Gasteiger partial charge is 0.465 e. The van der Waals surface area contributed by atoms with E-state index in [1.54, 1.807) is 0 Å². The van der Waals surface area contributed by atoms with Crippen LogP contribution in [0, 0.1) is 5.92 Å². The SMILES string of the molecule is COC(=O)c1sc(N2CCCC(C(F)(F)F)C2)nc1Cl. The summed E-state index contributed by atoms with van der Waals surface area (Å²) in [6.45, 7) is 0.311. The minimum atomic E-state index is -4.22. The predicted molar refractivity (Wildman–Crippen MR) is 69.5 cm³/mol.